The lowest BCUT2D eigenvalue weighted by Crippen LogP contribution is -2.27. The smallest absolute Gasteiger partial charge is 0.246 e. The maximum absolute atomic E-state index is 11.8. The lowest BCUT2D eigenvalue weighted by atomic mass is 10.1. The van der Waals surface area contributed by atoms with Crippen molar-refractivity contribution in [3.05, 3.63) is 41.5 Å². The second-order valence-corrected chi connectivity index (χ2v) is 4.47. The zero-order valence-electron chi connectivity index (χ0n) is 9.97. The van der Waals surface area contributed by atoms with E-state index >= 15 is 0 Å². The van der Waals surface area contributed by atoms with Crippen LogP contribution in [0.1, 0.15) is 17.5 Å². The van der Waals surface area contributed by atoms with Gasteiger partial charge in [0.1, 0.15) is 0 Å². The fourth-order valence-corrected chi connectivity index (χ4v) is 1.89. The van der Waals surface area contributed by atoms with Gasteiger partial charge in [0.25, 0.3) is 0 Å². The van der Waals surface area contributed by atoms with E-state index < -0.39 is 0 Å². The Morgan fingerprint density at radius 3 is 2.71 bits per heavy atom. The molecule has 0 radical (unpaired) electrons. The molecule has 0 aliphatic carbocycles. The number of β-amino-alcohol motifs (C(OH)–C–C–N with tert-alkyl or cyclic N) is 1. The van der Waals surface area contributed by atoms with Gasteiger partial charge in [-0.2, -0.15) is 0 Å². The summed E-state index contributed by atoms with van der Waals surface area (Å²) in [5, 5.41) is 9.35. The standard InChI is InChI=1S/C14H17NO2/c1-11-2-4-12(5-3-11)6-7-14(17)15-9-8-13(16)10-15/h2-7,13,16H,8-10H2,1H3/b7-6+/t13-/m1/s1. The number of hydrogen-bond donors (Lipinski definition) is 1. The fourth-order valence-electron chi connectivity index (χ4n) is 1.89. The highest BCUT2D eigenvalue weighted by molar-refractivity contribution is 5.91. The largest absolute Gasteiger partial charge is 0.391 e. The second kappa shape index (κ2) is 5.15. The molecule has 3 heteroatoms. The van der Waals surface area contributed by atoms with Crippen LogP contribution in [0.4, 0.5) is 0 Å². The minimum Gasteiger partial charge on any atom is -0.391 e. The van der Waals surface area contributed by atoms with Crippen molar-refractivity contribution in [1.82, 2.24) is 4.90 Å². The summed E-state index contributed by atoms with van der Waals surface area (Å²) in [5.41, 5.74) is 2.22. The monoisotopic (exact) mass is 231 g/mol. The summed E-state index contributed by atoms with van der Waals surface area (Å²) in [7, 11) is 0. The Hall–Kier alpha value is -1.61. The second-order valence-electron chi connectivity index (χ2n) is 4.47. The van der Waals surface area contributed by atoms with Gasteiger partial charge in [-0.25, -0.2) is 0 Å². The molecule has 1 aromatic rings. The maximum Gasteiger partial charge on any atom is 0.246 e. The summed E-state index contributed by atoms with van der Waals surface area (Å²) >= 11 is 0. The van der Waals surface area contributed by atoms with Gasteiger partial charge in [0.05, 0.1) is 6.10 Å². The van der Waals surface area contributed by atoms with Crippen LogP contribution in [0.2, 0.25) is 0 Å². The third-order valence-corrected chi connectivity index (χ3v) is 2.97. The average Bonchev–Trinajstić information content (AvgIpc) is 2.75. The predicted molar refractivity (Wildman–Crippen MR) is 67.4 cm³/mol. The molecular weight excluding hydrogens is 214 g/mol. The first-order valence-corrected chi connectivity index (χ1v) is 5.87. The van der Waals surface area contributed by atoms with E-state index in [1.807, 2.05) is 37.3 Å². The minimum absolute atomic E-state index is 0.0258. The number of carbonyl (C=O) groups excluding carboxylic acids is 1. The predicted octanol–water partition coefficient (Wildman–Crippen LogP) is 1.60. The highest BCUT2D eigenvalue weighted by Gasteiger charge is 2.22. The molecule has 1 fully saturated rings. The molecule has 0 spiro atoms. The Labute approximate surface area is 101 Å². The first-order chi connectivity index (χ1) is 8.15. The van der Waals surface area contributed by atoms with Crippen molar-refractivity contribution in [2.24, 2.45) is 0 Å². The van der Waals surface area contributed by atoms with Crippen LogP contribution < -0.4 is 0 Å². The molecule has 0 unspecified atom stereocenters. The molecule has 0 aromatic heterocycles. The molecular formula is C14H17NO2. The van der Waals surface area contributed by atoms with Crippen molar-refractivity contribution in [3.63, 3.8) is 0 Å². The van der Waals surface area contributed by atoms with E-state index in [0.717, 1.165) is 5.56 Å². The summed E-state index contributed by atoms with van der Waals surface area (Å²) in [6.45, 7) is 3.14. The molecule has 0 bridgehead atoms. The van der Waals surface area contributed by atoms with E-state index in [9.17, 15) is 9.90 Å². The number of likely N-dealkylation sites (tertiary alicyclic amines) is 1. The van der Waals surface area contributed by atoms with Crippen molar-refractivity contribution in [3.8, 4) is 0 Å². The number of aliphatic hydroxyl groups is 1. The van der Waals surface area contributed by atoms with Crippen LogP contribution in [-0.2, 0) is 4.79 Å². The maximum atomic E-state index is 11.8. The summed E-state index contributed by atoms with van der Waals surface area (Å²) in [6.07, 6.45) is 3.71. The van der Waals surface area contributed by atoms with E-state index in [-0.39, 0.29) is 12.0 Å². The molecule has 1 heterocycles. The normalized spacial score (nSPS) is 20.1. The van der Waals surface area contributed by atoms with Crippen LogP contribution in [0.25, 0.3) is 6.08 Å². The van der Waals surface area contributed by atoms with Gasteiger partial charge < -0.3 is 10.0 Å². The highest BCUT2D eigenvalue weighted by Crippen LogP contribution is 2.10. The average molecular weight is 231 g/mol. The van der Waals surface area contributed by atoms with Crippen molar-refractivity contribution in [2.75, 3.05) is 13.1 Å². The number of aliphatic hydroxyl groups excluding tert-OH is 1. The van der Waals surface area contributed by atoms with Crippen LogP contribution >= 0.6 is 0 Å². The topological polar surface area (TPSA) is 40.5 Å². The SMILES string of the molecule is Cc1ccc(/C=C/C(=O)N2CC[C@@H](O)C2)cc1. The Morgan fingerprint density at radius 2 is 2.12 bits per heavy atom. The molecule has 0 saturated carbocycles. The Kier molecular flexibility index (Phi) is 3.59. The van der Waals surface area contributed by atoms with Crippen LogP contribution in [0.15, 0.2) is 30.3 Å². The molecule has 3 nitrogen and oxygen atoms in total. The van der Waals surface area contributed by atoms with Crippen LogP contribution in [0.5, 0.6) is 0 Å². The molecule has 17 heavy (non-hydrogen) atoms. The molecule has 2 rings (SSSR count). The molecule has 1 aliphatic rings. The summed E-state index contributed by atoms with van der Waals surface area (Å²) in [5.74, 6) is -0.0258. The van der Waals surface area contributed by atoms with Gasteiger partial charge in [-0.1, -0.05) is 29.8 Å². The molecule has 1 amide bonds. The van der Waals surface area contributed by atoms with Gasteiger partial charge in [0, 0.05) is 19.2 Å². The highest BCUT2D eigenvalue weighted by atomic mass is 16.3. The van der Waals surface area contributed by atoms with Gasteiger partial charge in [-0.15, -0.1) is 0 Å². The zero-order chi connectivity index (χ0) is 12.3. The fraction of sp³-hybridized carbons (Fsp3) is 0.357. The first-order valence-electron chi connectivity index (χ1n) is 5.87. The summed E-state index contributed by atoms with van der Waals surface area (Å²) in [6, 6.07) is 8.00. The summed E-state index contributed by atoms with van der Waals surface area (Å²) in [4.78, 5) is 13.4. The molecule has 1 aliphatic heterocycles. The third-order valence-electron chi connectivity index (χ3n) is 2.97. The van der Waals surface area contributed by atoms with Gasteiger partial charge >= 0.3 is 0 Å². The van der Waals surface area contributed by atoms with Crippen molar-refractivity contribution in [1.29, 1.82) is 0 Å². The number of amides is 1. The van der Waals surface area contributed by atoms with Crippen molar-refractivity contribution < 1.29 is 9.90 Å². The minimum atomic E-state index is -0.355. The molecule has 1 atom stereocenters. The van der Waals surface area contributed by atoms with Crippen LogP contribution in [0.3, 0.4) is 0 Å². The molecule has 1 N–H and O–H groups in total. The van der Waals surface area contributed by atoms with Gasteiger partial charge in [0.15, 0.2) is 0 Å². The van der Waals surface area contributed by atoms with Gasteiger partial charge in [-0.3, -0.25) is 4.79 Å². The van der Waals surface area contributed by atoms with Gasteiger partial charge in [-0.05, 0) is 25.0 Å². The van der Waals surface area contributed by atoms with Gasteiger partial charge in [0.2, 0.25) is 5.91 Å². The molecule has 90 valence electrons. The van der Waals surface area contributed by atoms with E-state index in [1.54, 1.807) is 11.0 Å². The number of hydrogen-bond acceptors (Lipinski definition) is 2. The van der Waals surface area contributed by atoms with E-state index in [1.165, 1.54) is 5.56 Å². The Balaban J connectivity index is 1.96. The number of benzene rings is 1. The summed E-state index contributed by atoms with van der Waals surface area (Å²) < 4.78 is 0. The Morgan fingerprint density at radius 1 is 1.41 bits per heavy atom. The first kappa shape index (κ1) is 11.9. The number of aryl methyl sites for hydroxylation is 1. The van der Waals surface area contributed by atoms with Crippen molar-refractivity contribution >= 4 is 12.0 Å². The van der Waals surface area contributed by atoms with Crippen molar-refractivity contribution in [2.45, 2.75) is 19.4 Å². The molecule has 1 aromatic carbocycles. The van der Waals surface area contributed by atoms with E-state index in [0.29, 0.717) is 19.5 Å². The van der Waals surface area contributed by atoms with Crippen LogP contribution in [-0.4, -0.2) is 35.1 Å². The lowest BCUT2D eigenvalue weighted by Gasteiger charge is -2.12. The zero-order valence-corrected chi connectivity index (χ0v) is 9.97. The van der Waals surface area contributed by atoms with E-state index in [2.05, 4.69) is 0 Å². The quantitative estimate of drug-likeness (QED) is 0.785. The Bertz CT molecular complexity index is 422. The number of nitrogens with zero attached hydrogens (tertiary/aromatic N) is 1. The number of rotatable bonds is 2. The molecule has 1 saturated heterocycles. The third kappa shape index (κ3) is 3.17. The van der Waals surface area contributed by atoms with E-state index in [4.69, 9.17) is 0 Å². The number of carbonyl (C=O) groups is 1. The van der Waals surface area contributed by atoms with Crippen LogP contribution in [0, 0.1) is 6.92 Å². The lowest BCUT2D eigenvalue weighted by molar-refractivity contribution is -0.125.